The molecule has 0 aliphatic carbocycles. The van der Waals surface area contributed by atoms with Gasteiger partial charge in [-0.2, -0.15) is 0 Å². The van der Waals surface area contributed by atoms with Crippen molar-refractivity contribution in [3.05, 3.63) is 29.6 Å². The van der Waals surface area contributed by atoms with Crippen molar-refractivity contribution in [2.45, 2.75) is 32.9 Å². The molecule has 0 radical (unpaired) electrons. The first kappa shape index (κ1) is 12.0. The fraction of sp³-hybridized carbons (Fsp3) is 0.538. The molecule has 2 rings (SSSR count). The van der Waals surface area contributed by atoms with E-state index in [0.717, 1.165) is 18.8 Å². The predicted molar refractivity (Wildman–Crippen MR) is 66.9 cm³/mol. The van der Waals surface area contributed by atoms with Crippen LogP contribution in [-0.2, 0) is 0 Å². The van der Waals surface area contributed by atoms with Gasteiger partial charge in [0, 0.05) is 37.1 Å². The zero-order valence-electron chi connectivity index (χ0n) is 10.6. The number of pyridine rings is 1. The highest BCUT2D eigenvalue weighted by Crippen LogP contribution is 2.10. The van der Waals surface area contributed by atoms with Crippen LogP contribution in [0.25, 0.3) is 0 Å². The van der Waals surface area contributed by atoms with E-state index in [1.807, 2.05) is 24.0 Å². The van der Waals surface area contributed by atoms with Gasteiger partial charge >= 0.3 is 0 Å². The van der Waals surface area contributed by atoms with Gasteiger partial charge in [-0.3, -0.25) is 9.78 Å². The molecular formula is C13H19N3O. The SMILES string of the molecule is Cc1ccc(C(=O)N2C[C@@H](C)N[C@H](C)C2)cn1. The highest BCUT2D eigenvalue weighted by molar-refractivity contribution is 5.94. The number of carbonyl (C=O) groups excluding carboxylic acids is 1. The molecule has 2 heterocycles. The maximum atomic E-state index is 12.3. The number of amides is 1. The standard InChI is InChI=1S/C13H19N3O/c1-9-4-5-12(6-14-9)13(17)16-7-10(2)15-11(3)8-16/h4-6,10-11,15H,7-8H2,1-3H3/t10-,11-/m1/s1. The molecular weight excluding hydrogens is 214 g/mol. The lowest BCUT2D eigenvalue weighted by Gasteiger charge is -2.36. The lowest BCUT2D eigenvalue weighted by Crippen LogP contribution is -2.55. The number of carbonyl (C=O) groups is 1. The Morgan fingerprint density at radius 3 is 2.53 bits per heavy atom. The molecule has 4 heteroatoms. The zero-order valence-corrected chi connectivity index (χ0v) is 10.6. The van der Waals surface area contributed by atoms with E-state index in [9.17, 15) is 4.79 Å². The molecule has 1 N–H and O–H groups in total. The molecule has 1 aliphatic rings. The molecule has 0 saturated carbocycles. The predicted octanol–water partition coefficient (Wildman–Crippen LogP) is 1.21. The largest absolute Gasteiger partial charge is 0.335 e. The molecule has 1 aromatic rings. The first-order chi connectivity index (χ1) is 8.06. The van der Waals surface area contributed by atoms with E-state index in [0.29, 0.717) is 17.6 Å². The molecule has 0 bridgehead atoms. The summed E-state index contributed by atoms with van der Waals surface area (Å²) in [6.45, 7) is 7.64. The minimum atomic E-state index is 0.0812. The highest BCUT2D eigenvalue weighted by atomic mass is 16.2. The zero-order chi connectivity index (χ0) is 12.4. The molecule has 1 aromatic heterocycles. The van der Waals surface area contributed by atoms with E-state index in [-0.39, 0.29) is 5.91 Å². The van der Waals surface area contributed by atoms with Crippen molar-refractivity contribution in [1.82, 2.24) is 15.2 Å². The van der Waals surface area contributed by atoms with Crippen molar-refractivity contribution in [1.29, 1.82) is 0 Å². The first-order valence-corrected chi connectivity index (χ1v) is 6.04. The Hall–Kier alpha value is -1.42. The molecule has 2 atom stereocenters. The lowest BCUT2D eigenvalue weighted by atomic mass is 10.1. The smallest absolute Gasteiger partial charge is 0.255 e. The summed E-state index contributed by atoms with van der Waals surface area (Å²) in [5, 5.41) is 3.42. The number of rotatable bonds is 1. The Labute approximate surface area is 102 Å². The molecule has 1 aliphatic heterocycles. The minimum absolute atomic E-state index is 0.0812. The summed E-state index contributed by atoms with van der Waals surface area (Å²) in [5.74, 6) is 0.0812. The molecule has 0 aromatic carbocycles. The van der Waals surface area contributed by atoms with Crippen LogP contribution >= 0.6 is 0 Å². The average Bonchev–Trinajstić information content (AvgIpc) is 2.28. The summed E-state index contributed by atoms with van der Waals surface area (Å²) in [6, 6.07) is 4.42. The maximum Gasteiger partial charge on any atom is 0.255 e. The van der Waals surface area contributed by atoms with Crippen molar-refractivity contribution < 1.29 is 4.79 Å². The number of piperazine rings is 1. The molecule has 1 saturated heterocycles. The summed E-state index contributed by atoms with van der Waals surface area (Å²) in [5.41, 5.74) is 1.61. The van der Waals surface area contributed by atoms with E-state index in [1.54, 1.807) is 6.20 Å². The fourth-order valence-corrected chi connectivity index (χ4v) is 2.27. The molecule has 1 amide bonds. The molecule has 0 spiro atoms. The monoisotopic (exact) mass is 233 g/mol. The third-order valence-corrected chi connectivity index (χ3v) is 3.00. The molecule has 0 unspecified atom stereocenters. The van der Waals surface area contributed by atoms with Gasteiger partial charge in [0.1, 0.15) is 0 Å². The molecule has 17 heavy (non-hydrogen) atoms. The van der Waals surface area contributed by atoms with Crippen LogP contribution in [0.2, 0.25) is 0 Å². The molecule has 1 fully saturated rings. The maximum absolute atomic E-state index is 12.3. The Morgan fingerprint density at radius 1 is 1.35 bits per heavy atom. The first-order valence-electron chi connectivity index (χ1n) is 6.04. The molecule has 92 valence electrons. The fourth-order valence-electron chi connectivity index (χ4n) is 2.27. The van der Waals surface area contributed by atoms with Crippen molar-refractivity contribution in [3.63, 3.8) is 0 Å². The van der Waals surface area contributed by atoms with Crippen LogP contribution < -0.4 is 5.32 Å². The van der Waals surface area contributed by atoms with Gasteiger partial charge in [-0.25, -0.2) is 0 Å². The van der Waals surface area contributed by atoms with Gasteiger partial charge < -0.3 is 10.2 Å². The number of hydrogen-bond acceptors (Lipinski definition) is 3. The summed E-state index contributed by atoms with van der Waals surface area (Å²) in [6.07, 6.45) is 1.66. The minimum Gasteiger partial charge on any atom is -0.335 e. The van der Waals surface area contributed by atoms with Gasteiger partial charge in [-0.05, 0) is 32.9 Å². The van der Waals surface area contributed by atoms with Gasteiger partial charge in [0.25, 0.3) is 5.91 Å². The van der Waals surface area contributed by atoms with Crippen molar-refractivity contribution >= 4 is 5.91 Å². The Bertz CT molecular complexity index is 392. The van der Waals surface area contributed by atoms with Crippen LogP contribution in [0.3, 0.4) is 0 Å². The second-order valence-corrected chi connectivity index (χ2v) is 4.87. The lowest BCUT2D eigenvalue weighted by molar-refractivity contribution is 0.0673. The van der Waals surface area contributed by atoms with Crippen molar-refractivity contribution in [2.24, 2.45) is 0 Å². The second-order valence-electron chi connectivity index (χ2n) is 4.87. The van der Waals surface area contributed by atoms with Crippen LogP contribution in [0.5, 0.6) is 0 Å². The van der Waals surface area contributed by atoms with E-state index in [1.165, 1.54) is 0 Å². The summed E-state index contributed by atoms with van der Waals surface area (Å²) < 4.78 is 0. The summed E-state index contributed by atoms with van der Waals surface area (Å²) >= 11 is 0. The second kappa shape index (κ2) is 4.84. The summed E-state index contributed by atoms with van der Waals surface area (Å²) in [4.78, 5) is 18.3. The van der Waals surface area contributed by atoms with Crippen molar-refractivity contribution in [3.8, 4) is 0 Å². The van der Waals surface area contributed by atoms with Crippen LogP contribution in [0, 0.1) is 6.92 Å². The number of nitrogens with one attached hydrogen (secondary N) is 1. The van der Waals surface area contributed by atoms with E-state index < -0.39 is 0 Å². The van der Waals surface area contributed by atoms with Gasteiger partial charge in [-0.1, -0.05) is 0 Å². The van der Waals surface area contributed by atoms with Gasteiger partial charge in [0.15, 0.2) is 0 Å². The summed E-state index contributed by atoms with van der Waals surface area (Å²) in [7, 11) is 0. The highest BCUT2D eigenvalue weighted by Gasteiger charge is 2.25. The van der Waals surface area contributed by atoms with E-state index >= 15 is 0 Å². The topological polar surface area (TPSA) is 45.2 Å². The van der Waals surface area contributed by atoms with Crippen molar-refractivity contribution in [2.75, 3.05) is 13.1 Å². The number of aromatic nitrogens is 1. The van der Waals surface area contributed by atoms with E-state index in [2.05, 4.69) is 24.1 Å². The van der Waals surface area contributed by atoms with Crippen LogP contribution in [0.15, 0.2) is 18.3 Å². The number of nitrogens with zero attached hydrogens (tertiary/aromatic N) is 2. The van der Waals surface area contributed by atoms with Crippen LogP contribution in [0.4, 0.5) is 0 Å². The van der Waals surface area contributed by atoms with Crippen LogP contribution in [0.1, 0.15) is 29.9 Å². The number of hydrogen-bond donors (Lipinski definition) is 1. The normalized spacial score (nSPS) is 24.8. The molecule has 4 nitrogen and oxygen atoms in total. The van der Waals surface area contributed by atoms with Gasteiger partial charge in [-0.15, -0.1) is 0 Å². The third kappa shape index (κ3) is 2.82. The Balaban J connectivity index is 2.11. The van der Waals surface area contributed by atoms with Gasteiger partial charge in [0.05, 0.1) is 5.56 Å². The Morgan fingerprint density at radius 2 is 2.00 bits per heavy atom. The Kier molecular flexibility index (Phi) is 3.43. The van der Waals surface area contributed by atoms with Crippen LogP contribution in [-0.4, -0.2) is 41.0 Å². The third-order valence-electron chi connectivity index (χ3n) is 3.00. The quantitative estimate of drug-likeness (QED) is 0.793. The number of aryl methyl sites for hydroxylation is 1. The van der Waals surface area contributed by atoms with Gasteiger partial charge in [0.2, 0.25) is 0 Å². The van der Waals surface area contributed by atoms with E-state index in [4.69, 9.17) is 0 Å². The average molecular weight is 233 g/mol.